The second-order valence-electron chi connectivity index (χ2n) is 5.93. The molecule has 3 N–H and O–H groups in total. The van der Waals surface area contributed by atoms with Crippen molar-refractivity contribution in [3.8, 4) is 17.2 Å². The van der Waals surface area contributed by atoms with Crippen molar-refractivity contribution in [1.29, 1.82) is 0 Å². The second-order valence-corrected chi connectivity index (χ2v) is 5.93. The van der Waals surface area contributed by atoms with E-state index in [-0.39, 0.29) is 0 Å². The smallest absolute Gasteiger partial charge is 0.193 e. The van der Waals surface area contributed by atoms with Crippen molar-refractivity contribution >= 4 is 11.6 Å². The number of nitrogens with two attached hydrogens (primary N) is 1. The molecule has 3 rings (SSSR count). The summed E-state index contributed by atoms with van der Waals surface area (Å²) in [6, 6.07) is 15.4. The van der Waals surface area contributed by atoms with Gasteiger partial charge in [-0.25, -0.2) is 9.67 Å². The number of benzene rings is 2. The molecular weight excluding hydrogens is 342 g/mol. The SMILES string of the molecule is COc1ccc(NC(N)=NCc2ccccc2-n2ccc(C)n2)cc1OC. The molecule has 0 saturated carbocycles. The fraction of sp³-hybridized carbons (Fsp3) is 0.200. The van der Waals surface area contributed by atoms with Crippen molar-refractivity contribution in [3.63, 3.8) is 0 Å². The van der Waals surface area contributed by atoms with Gasteiger partial charge in [0.05, 0.1) is 32.1 Å². The third-order valence-corrected chi connectivity index (χ3v) is 4.04. The van der Waals surface area contributed by atoms with Crippen LogP contribution in [-0.2, 0) is 6.54 Å². The summed E-state index contributed by atoms with van der Waals surface area (Å²) in [7, 11) is 3.19. The maximum Gasteiger partial charge on any atom is 0.193 e. The van der Waals surface area contributed by atoms with E-state index in [1.165, 1.54) is 0 Å². The molecule has 0 aliphatic heterocycles. The number of rotatable bonds is 6. The molecular formula is C20H23N5O2. The molecule has 1 heterocycles. The Morgan fingerprint density at radius 1 is 1.11 bits per heavy atom. The number of nitrogens with zero attached hydrogens (tertiary/aromatic N) is 3. The summed E-state index contributed by atoms with van der Waals surface area (Å²) in [6.45, 7) is 2.39. The monoisotopic (exact) mass is 365 g/mol. The van der Waals surface area contributed by atoms with E-state index in [9.17, 15) is 0 Å². The summed E-state index contributed by atoms with van der Waals surface area (Å²) < 4.78 is 12.4. The van der Waals surface area contributed by atoms with Crippen LogP contribution in [0.2, 0.25) is 0 Å². The normalized spacial score (nSPS) is 11.3. The Bertz CT molecular complexity index is 949. The van der Waals surface area contributed by atoms with E-state index >= 15 is 0 Å². The van der Waals surface area contributed by atoms with E-state index in [2.05, 4.69) is 15.4 Å². The molecule has 0 atom stereocenters. The molecule has 2 aromatic carbocycles. The molecule has 0 unspecified atom stereocenters. The van der Waals surface area contributed by atoms with Crippen LogP contribution < -0.4 is 20.5 Å². The van der Waals surface area contributed by atoms with Crippen LogP contribution >= 0.6 is 0 Å². The molecule has 0 radical (unpaired) electrons. The fourth-order valence-corrected chi connectivity index (χ4v) is 2.69. The van der Waals surface area contributed by atoms with E-state index in [1.54, 1.807) is 14.2 Å². The molecule has 27 heavy (non-hydrogen) atoms. The van der Waals surface area contributed by atoms with Gasteiger partial charge in [0.1, 0.15) is 0 Å². The molecule has 0 amide bonds. The molecule has 0 bridgehead atoms. The van der Waals surface area contributed by atoms with E-state index in [0.717, 1.165) is 22.6 Å². The van der Waals surface area contributed by atoms with Crippen molar-refractivity contribution in [2.45, 2.75) is 13.5 Å². The third-order valence-electron chi connectivity index (χ3n) is 4.04. The molecule has 0 saturated heterocycles. The highest BCUT2D eigenvalue weighted by molar-refractivity contribution is 5.92. The number of aromatic nitrogens is 2. The van der Waals surface area contributed by atoms with Gasteiger partial charge in [-0.05, 0) is 36.8 Å². The summed E-state index contributed by atoms with van der Waals surface area (Å²) >= 11 is 0. The highest BCUT2D eigenvalue weighted by Crippen LogP contribution is 2.29. The maximum atomic E-state index is 6.05. The van der Waals surface area contributed by atoms with Crippen LogP contribution in [0.25, 0.3) is 5.69 Å². The summed E-state index contributed by atoms with van der Waals surface area (Å²) in [5.41, 5.74) is 9.79. The Labute approximate surface area is 158 Å². The minimum Gasteiger partial charge on any atom is -0.493 e. The highest BCUT2D eigenvalue weighted by atomic mass is 16.5. The number of anilines is 1. The standard InChI is InChI=1S/C20H23N5O2/c1-14-10-11-25(24-14)17-7-5-4-6-15(17)13-22-20(21)23-16-8-9-18(26-2)19(12-16)27-3/h4-12H,13H2,1-3H3,(H3,21,22,23). The van der Waals surface area contributed by atoms with Gasteiger partial charge in [0.2, 0.25) is 0 Å². The quantitative estimate of drug-likeness (QED) is 0.518. The van der Waals surface area contributed by atoms with Gasteiger partial charge in [-0.3, -0.25) is 0 Å². The summed E-state index contributed by atoms with van der Waals surface area (Å²) in [6.07, 6.45) is 1.93. The number of hydrogen-bond acceptors (Lipinski definition) is 4. The lowest BCUT2D eigenvalue weighted by atomic mass is 10.2. The molecule has 7 nitrogen and oxygen atoms in total. The fourth-order valence-electron chi connectivity index (χ4n) is 2.69. The Kier molecular flexibility index (Phi) is 5.61. The summed E-state index contributed by atoms with van der Waals surface area (Å²) in [5, 5.41) is 7.54. The number of ether oxygens (including phenoxy) is 2. The van der Waals surface area contributed by atoms with E-state index in [0.29, 0.717) is 24.0 Å². The molecule has 0 aliphatic rings. The first-order valence-corrected chi connectivity index (χ1v) is 8.50. The van der Waals surface area contributed by atoms with Crippen molar-refractivity contribution in [3.05, 3.63) is 66.0 Å². The van der Waals surface area contributed by atoms with Gasteiger partial charge in [-0.2, -0.15) is 5.10 Å². The average molecular weight is 365 g/mol. The van der Waals surface area contributed by atoms with Crippen LogP contribution in [0.4, 0.5) is 5.69 Å². The Morgan fingerprint density at radius 3 is 2.59 bits per heavy atom. The lowest BCUT2D eigenvalue weighted by molar-refractivity contribution is 0.355. The van der Waals surface area contributed by atoms with E-state index in [1.807, 2.05) is 66.3 Å². The van der Waals surface area contributed by atoms with Gasteiger partial charge >= 0.3 is 0 Å². The summed E-state index contributed by atoms with van der Waals surface area (Å²) in [5.74, 6) is 1.59. The molecule has 3 aromatic rings. The van der Waals surface area contributed by atoms with Gasteiger partial charge in [-0.1, -0.05) is 18.2 Å². The number of aryl methyl sites for hydroxylation is 1. The Hall–Kier alpha value is -3.48. The zero-order valence-corrected chi connectivity index (χ0v) is 15.6. The predicted octanol–water partition coefficient (Wildman–Crippen LogP) is 3.12. The van der Waals surface area contributed by atoms with E-state index < -0.39 is 0 Å². The van der Waals surface area contributed by atoms with Crippen molar-refractivity contribution in [1.82, 2.24) is 9.78 Å². The first kappa shape index (κ1) is 18.3. The predicted molar refractivity (Wildman–Crippen MR) is 107 cm³/mol. The van der Waals surface area contributed by atoms with Crippen LogP contribution in [-0.4, -0.2) is 30.0 Å². The molecule has 0 aliphatic carbocycles. The number of nitrogens with one attached hydrogen (secondary N) is 1. The largest absolute Gasteiger partial charge is 0.493 e. The number of para-hydroxylation sites is 1. The summed E-state index contributed by atoms with van der Waals surface area (Å²) in [4.78, 5) is 4.45. The van der Waals surface area contributed by atoms with Crippen LogP contribution in [0.1, 0.15) is 11.3 Å². The van der Waals surface area contributed by atoms with Gasteiger partial charge in [0.15, 0.2) is 17.5 Å². The van der Waals surface area contributed by atoms with Crippen molar-refractivity contribution in [2.24, 2.45) is 10.7 Å². The van der Waals surface area contributed by atoms with Gasteiger partial charge < -0.3 is 20.5 Å². The Balaban J connectivity index is 1.75. The maximum absolute atomic E-state index is 6.05. The lowest BCUT2D eigenvalue weighted by Gasteiger charge is -2.11. The van der Waals surface area contributed by atoms with E-state index in [4.69, 9.17) is 15.2 Å². The zero-order chi connectivity index (χ0) is 19.2. The van der Waals surface area contributed by atoms with Crippen LogP contribution in [0.5, 0.6) is 11.5 Å². The number of methoxy groups -OCH3 is 2. The van der Waals surface area contributed by atoms with Crippen LogP contribution in [0, 0.1) is 6.92 Å². The van der Waals surface area contributed by atoms with Crippen LogP contribution in [0.15, 0.2) is 59.7 Å². The zero-order valence-electron chi connectivity index (χ0n) is 15.6. The van der Waals surface area contributed by atoms with Crippen molar-refractivity contribution in [2.75, 3.05) is 19.5 Å². The third kappa shape index (κ3) is 4.38. The second kappa shape index (κ2) is 8.27. The molecule has 1 aromatic heterocycles. The number of hydrogen-bond donors (Lipinski definition) is 2. The number of aliphatic imine (C=N–C) groups is 1. The first-order chi connectivity index (χ1) is 13.1. The molecule has 140 valence electrons. The van der Waals surface area contributed by atoms with Crippen molar-refractivity contribution < 1.29 is 9.47 Å². The van der Waals surface area contributed by atoms with Gasteiger partial charge in [0, 0.05) is 18.0 Å². The lowest BCUT2D eigenvalue weighted by Crippen LogP contribution is -2.22. The average Bonchev–Trinajstić information content (AvgIpc) is 3.12. The Morgan fingerprint density at radius 2 is 1.89 bits per heavy atom. The first-order valence-electron chi connectivity index (χ1n) is 8.50. The topological polar surface area (TPSA) is 86.7 Å². The number of guanidine groups is 1. The highest BCUT2D eigenvalue weighted by Gasteiger charge is 2.07. The minimum absolute atomic E-state index is 0.314. The minimum atomic E-state index is 0.314. The molecule has 0 spiro atoms. The molecule has 0 fully saturated rings. The van der Waals surface area contributed by atoms with Crippen LogP contribution in [0.3, 0.4) is 0 Å². The molecule has 7 heteroatoms. The van der Waals surface area contributed by atoms with Gasteiger partial charge in [0.25, 0.3) is 0 Å². The van der Waals surface area contributed by atoms with Gasteiger partial charge in [-0.15, -0.1) is 0 Å².